The van der Waals surface area contributed by atoms with Gasteiger partial charge in [-0.05, 0) is 18.9 Å². The highest BCUT2D eigenvalue weighted by Crippen LogP contribution is 2.16. The van der Waals surface area contributed by atoms with Crippen molar-refractivity contribution in [2.24, 2.45) is 5.73 Å². The maximum absolute atomic E-state index is 11.3. The molecular weight excluding hydrogens is 208 g/mol. The first-order valence-corrected chi connectivity index (χ1v) is 4.94. The number of allylic oxidation sites excluding steroid dienone is 3. The highest BCUT2D eigenvalue weighted by atomic mass is 16.4. The summed E-state index contributed by atoms with van der Waals surface area (Å²) in [5.74, 6) is -1.16. The largest absolute Gasteiger partial charge is 0.478 e. The summed E-state index contributed by atoms with van der Waals surface area (Å²) in [7, 11) is 0. The predicted octanol–water partition coefficient (Wildman–Crippen LogP) is 0.306. The van der Waals surface area contributed by atoms with Crippen LogP contribution in [0.1, 0.15) is 12.8 Å². The fourth-order valence-electron chi connectivity index (χ4n) is 1.29. The van der Waals surface area contributed by atoms with Gasteiger partial charge < -0.3 is 16.2 Å². The van der Waals surface area contributed by atoms with Gasteiger partial charge in [0, 0.05) is 23.9 Å². The van der Waals surface area contributed by atoms with Gasteiger partial charge >= 0.3 is 5.97 Å². The zero-order valence-corrected chi connectivity index (χ0v) is 8.77. The average molecular weight is 222 g/mol. The third-order valence-corrected chi connectivity index (χ3v) is 2.11. The van der Waals surface area contributed by atoms with Gasteiger partial charge in [0.2, 0.25) is 5.91 Å². The van der Waals surface area contributed by atoms with Gasteiger partial charge in [-0.2, -0.15) is 0 Å². The number of hydrogen-bond acceptors (Lipinski definition) is 3. The predicted molar refractivity (Wildman–Crippen MR) is 59.4 cm³/mol. The zero-order valence-electron chi connectivity index (χ0n) is 8.77. The molecule has 0 saturated heterocycles. The van der Waals surface area contributed by atoms with E-state index in [0.717, 1.165) is 5.70 Å². The van der Waals surface area contributed by atoms with E-state index >= 15 is 0 Å². The standard InChI is InChI=1S/C11H14N2O3/c12-7-1-2-10(14)13-9-5-3-8(4-6-9)11(15)16/h1-3,5H,4,6-7,12H2,(H,13,14)(H,15,16). The third kappa shape index (κ3) is 3.70. The first-order chi connectivity index (χ1) is 7.63. The van der Waals surface area contributed by atoms with Gasteiger partial charge in [-0.15, -0.1) is 0 Å². The van der Waals surface area contributed by atoms with Gasteiger partial charge in [0.1, 0.15) is 0 Å². The molecule has 0 radical (unpaired) electrons. The molecule has 0 heterocycles. The Morgan fingerprint density at radius 3 is 2.69 bits per heavy atom. The number of rotatable bonds is 4. The Bertz CT molecular complexity index is 381. The maximum atomic E-state index is 11.3. The van der Waals surface area contributed by atoms with Crippen LogP contribution >= 0.6 is 0 Å². The quantitative estimate of drug-likeness (QED) is 0.597. The van der Waals surface area contributed by atoms with Crippen LogP contribution in [-0.2, 0) is 9.59 Å². The third-order valence-electron chi connectivity index (χ3n) is 2.11. The van der Waals surface area contributed by atoms with Crippen LogP contribution in [0.5, 0.6) is 0 Å². The number of nitrogens with two attached hydrogens (primary N) is 1. The van der Waals surface area contributed by atoms with Crippen molar-refractivity contribution in [1.29, 1.82) is 0 Å². The number of carbonyl (C=O) groups excluding carboxylic acids is 1. The summed E-state index contributed by atoms with van der Waals surface area (Å²) in [5.41, 5.74) is 6.28. The minimum atomic E-state index is -0.912. The molecule has 0 unspecified atom stereocenters. The van der Waals surface area contributed by atoms with E-state index < -0.39 is 5.97 Å². The first kappa shape index (κ1) is 12.2. The van der Waals surface area contributed by atoms with E-state index in [4.69, 9.17) is 10.8 Å². The number of carboxylic acid groups (broad SMARTS) is 1. The van der Waals surface area contributed by atoms with Crippen molar-refractivity contribution in [3.63, 3.8) is 0 Å². The van der Waals surface area contributed by atoms with Crippen LogP contribution in [0, 0.1) is 0 Å². The van der Waals surface area contributed by atoms with Crippen LogP contribution in [0.4, 0.5) is 0 Å². The lowest BCUT2D eigenvalue weighted by atomic mass is 10.0. The number of carboxylic acids is 1. The van der Waals surface area contributed by atoms with E-state index in [1.54, 1.807) is 12.2 Å². The molecule has 0 aliphatic heterocycles. The van der Waals surface area contributed by atoms with E-state index in [-0.39, 0.29) is 5.91 Å². The Kier molecular flexibility index (Phi) is 4.47. The topological polar surface area (TPSA) is 92.4 Å². The summed E-state index contributed by atoms with van der Waals surface area (Å²) in [5, 5.41) is 11.4. The second-order valence-corrected chi connectivity index (χ2v) is 3.32. The summed E-state index contributed by atoms with van der Waals surface area (Å²) < 4.78 is 0. The molecule has 0 aromatic rings. The monoisotopic (exact) mass is 222 g/mol. The Balaban J connectivity index is 2.55. The van der Waals surface area contributed by atoms with Crippen LogP contribution in [0.15, 0.2) is 35.6 Å². The van der Waals surface area contributed by atoms with Crippen molar-refractivity contribution in [3.8, 4) is 0 Å². The molecule has 0 aromatic heterocycles. The minimum Gasteiger partial charge on any atom is -0.478 e. The molecule has 1 rings (SSSR count). The van der Waals surface area contributed by atoms with Crippen molar-refractivity contribution in [2.75, 3.05) is 6.54 Å². The fraction of sp³-hybridized carbons (Fsp3) is 0.273. The summed E-state index contributed by atoms with van der Waals surface area (Å²) in [6, 6.07) is 0. The number of aliphatic carboxylic acids is 1. The molecular formula is C11H14N2O3. The Labute approximate surface area is 93.3 Å². The second-order valence-electron chi connectivity index (χ2n) is 3.32. The van der Waals surface area contributed by atoms with E-state index in [1.807, 2.05) is 0 Å². The van der Waals surface area contributed by atoms with E-state index in [2.05, 4.69) is 5.32 Å². The Morgan fingerprint density at radius 2 is 2.19 bits per heavy atom. The van der Waals surface area contributed by atoms with Crippen LogP contribution in [-0.4, -0.2) is 23.5 Å². The highest BCUT2D eigenvalue weighted by Gasteiger charge is 2.12. The van der Waals surface area contributed by atoms with Crippen molar-refractivity contribution in [2.45, 2.75) is 12.8 Å². The molecule has 0 saturated carbocycles. The molecule has 5 nitrogen and oxygen atoms in total. The van der Waals surface area contributed by atoms with Crippen molar-refractivity contribution < 1.29 is 14.7 Å². The molecule has 1 aliphatic carbocycles. The van der Waals surface area contributed by atoms with Gasteiger partial charge in [-0.3, -0.25) is 4.79 Å². The lowest BCUT2D eigenvalue weighted by Crippen LogP contribution is -2.22. The molecule has 0 aromatic carbocycles. The van der Waals surface area contributed by atoms with Crippen LogP contribution in [0.2, 0.25) is 0 Å². The highest BCUT2D eigenvalue weighted by molar-refractivity contribution is 5.90. The van der Waals surface area contributed by atoms with Crippen molar-refractivity contribution in [1.82, 2.24) is 5.32 Å². The van der Waals surface area contributed by atoms with Gasteiger partial charge in [0.05, 0.1) is 0 Å². The number of hydrogen-bond donors (Lipinski definition) is 3. The maximum Gasteiger partial charge on any atom is 0.331 e. The molecule has 86 valence electrons. The van der Waals surface area contributed by atoms with Gasteiger partial charge in [0.15, 0.2) is 0 Å². The van der Waals surface area contributed by atoms with Crippen molar-refractivity contribution in [3.05, 3.63) is 35.6 Å². The molecule has 1 aliphatic rings. The Hall–Kier alpha value is -1.88. The van der Waals surface area contributed by atoms with Crippen molar-refractivity contribution >= 4 is 11.9 Å². The van der Waals surface area contributed by atoms with Crippen LogP contribution < -0.4 is 11.1 Å². The SMILES string of the molecule is NCC=CC(=O)NC1=CC=C(C(=O)O)CC1. The lowest BCUT2D eigenvalue weighted by Gasteiger charge is -2.12. The van der Waals surface area contributed by atoms with E-state index in [9.17, 15) is 9.59 Å². The van der Waals surface area contributed by atoms with E-state index in [1.165, 1.54) is 12.2 Å². The molecule has 0 fully saturated rings. The lowest BCUT2D eigenvalue weighted by molar-refractivity contribution is -0.132. The van der Waals surface area contributed by atoms with Gasteiger partial charge in [-0.25, -0.2) is 4.79 Å². The number of carbonyl (C=O) groups is 2. The van der Waals surface area contributed by atoms with Crippen LogP contribution in [0.3, 0.4) is 0 Å². The van der Waals surface area contributed by atoms with Gasteiger partial charge in [0.25, 0.3) is 0 Å². The molecule has 1 amide bonds. The first-order valence-electron chi connectivity index (χ1n) is 4.94. The molecule has 5 heteroatoms. The number of amides is 1. The second kappa shape index (κ2) is 5.87. The average Bonchev–Trinajstić information content (AvgIpc) is 2.27. The van der Waals surface area contributed by atoms with Gasteiger partial charge in [-0.1, -0.05) is 12.2 Å². The Morgan fingerprint density at radius 1 is 1.44 bits per heavy atom. The zero-order chi connectivity index (χ0) is 12.0. The molecule has 0 spiro atoms. The van der Waals surface area contributed by atoms with Crippen LogP contribution in [0.25, 0.3) is 0 Å². The summed E-state index contributed by atoms with van der Waals surface area (Å²) >= 11 is 0. The summed E-state index contributed by atoms with van der Waals surface area (Å²) in [6.45, 7) is 0.315. The fourth-order valence-corrected chi connectivity index (χ4v) is 1.29. The molecule has 16 heavy (non-hydrogen) atoms. The summed E-state index contributed by atoms with van der Waals surface area (Å²) in [4.78, 5) is 21.9. The minimum absolute atomic E-state index is 0.246. The number of nitrogens with one attached hydrogen (secondary N) is 1. The molecule has 4 N–H and O–H groups in total. The smallest absolute Gasteiger partial charge is 0.331 e. The molecule has 0 atom stereocenters. The van der Waals surface area contributed by atoms with E-state index in [0.29, 0.717) is 25.0 Å². The summed E-state index contributed by atoms with van der Waals surface area (Å²) in [6.07, 6.45) is 6.99. The molecule has 0 bridgehead atoms. The normalized spacial score (nSPS) is 15.6.